The third kappa shape index (κ3) is 4.31. The predicted molar refractivity (Wildman–Crippen MR) is 104 cm³/mol. The molecule has 0 N–H and O–H groups in total. The van der Waals surface area contributed by atoms with Crippen LogP contribution >= 0.6 is 0 Å². The van der Waals surface area contributed by atoms with Gasteiger partial charge in [-0.15, -0.1) is 0 Å². The Bertz CT molecular complexity index is 807. The van der Waals surface area contributed by atoms with E-state index in [2.05, 4.69) is 6.08 Å². The topological polar surface area (TPSA) is 62.6 Å². The Kier molecular flexibility index (Phi) is 5.82. The molecule has 3 fully saturated rings. The maximum absolute atomic E-state index is 12.8. The molecule has 3 saturated heterocycles. The summed E-state index contributed by atoms with van der Waals surface area (Å²) in [7, 11) is 0. The van der Waals surface area contributed by atoms with Crippen molar-refractivity contribution < 1.29 is 9.59 Å². The molecule has 4 heterocycles. The minimum Gasteiger partial charge on any atom is -0.340 e. The lowest BCUT2D eigenvalue weighted by Crippen LogP contribution is -2.48. The van der Waals surface area contributed by atoms with Gasteiger partial charge in [0.25, 0.3) is 5.56 Å². The number of hydrogen-bond acceptors (Lipinski definition) is 3. The van der Waals surface area contributed by atoms with Crippen molar-refractivity contribution in [2.45, 2.75) is 52.6 Å². The molecule has 0 unspecified atom stereocenters. The smallest absolute Gasteiger partial charge is 0.250 e. The average molecular weight is 371 g/mol. The molecule has 0 saturated carbocycles. The summed E-state index contributed by atoms with van der Waals surface area (Å²) in [6.07, 6.45) is 4.17. The van der Waals surface area contributed by atoms with Gasteiger partial charge in [0, 0.05) is 50.4 Å². The number of allylic oxidation sites excluding steroid dienone is 1. The van der Waals surface area contributed by atoms with E-state index in [1.54, 1.807) is 10.6 Å². The van der Waals surface area contributed by atoms with Gasteiger partial charge in [0.05, 0.1) is 5.92 Å². The van der Waals surface area contributed by atoms with Crippen molar-refractivity contribution in [2.24, 2.45) is 5.92 Å². The first-order valence-corrected chi connectivity index (χ1v) is 9.75. The molecule has 1 aromatic rings. The van der Waals surface area contributed by atoms with E-state index in [0.29, 0.717) is 26.2 Å². The molecule has 4 rings (SSSR count). The first kappa shape index (κ1) is 19.4. The fourth-order valence-electron chi connectivity index (χ4n) is 4.04. The Morgan fingerprint density at radius 3 is 2.67 bits per heavy atom. The van der Waals surface area contributed by atoms with Crippen molar-refractivity contribution in [1.82, 2.24) is 14.4 Å². The molecule has 0 radical (unpaired) electrons. The van der Waals surface area contributed by atoms with Crippen LogP contribution in [0.4, 0.5) is 0 Å². The molecule has 0 aromatic carbocycles. The van der Waals surface area contributed by atoms with Crippen molar-refractivity contribution in [1.29, 1.82) is 0 Å². The number of aromatic nitrogens is 1. The first-order chi connectivity index (χ1) is 12.9. The SMILES string of the molecule is CC(C)=CCN1C(=O)[C@@H]2CC[C@H]1CN(C(=O)CCn1c(C)cccc1=O)C2. The zero-order valence-electron chi connectivity index (χ0n) is 16.5. The van der Waals surface area contributed by atoms with Gasteiger partial charge in [-0.25, -0.2) is 0 Å². The fraction of sp³-hybridized carbons (Fsp3) is 0.571. The summed E-state index contributed by atoms with van der Waals surface area (Å²) >= 11 is 0. The Morgan fingerprint density at radius 1 is 1.19 bits per heavy atom. The van der Waals surface area contributed by atoms with Gasteiger partial charge >= 0.3 is 0 Å². The van der Waals surface area contributed by atoms with Gasteiger partial charge in [0.2, 0.25) is 11.8 Å². The summed E-state index contributed by atoms with van der Waals surface area (Å²) in [5, 5.41) is 0. The summed E-state index contributed by atoms with van der Waals surface area (Å²) in [6.45, 7) is 8.04. The number of hydrogen-bond donors (Lipinski definition) is 0. The maximum atomic E-state index is 12.8. The van der Waals surface area contributed by atoms with E-state index in [9.17, 15) is 14.4 Å². The second-order valence-electron chi connectivity index (χ2n) is 7.91. The second kappa shape index (κ2) is 8.11. The van der Waals surface area contributed by atoms with E-state index in [1.165, 1.54) is 11.6 Å². The number of nitrogens with zero attached hydrogens (tertiary/aromatic N) is 3. The second-order valence-corrected chi connectivity index (χ2v) is 7.91. The summed E-state index contributed by atoms with van der Waals surface area (Å²) in [5.74, 6) is 0.104. The molecule has 27 heavy (non-hydrogen) atoms. The molecular formula is C21H29N3O3. The first-order valence-electron chi connectivity index (χ1n) is 9.75. The molecule has 3 aliphatic heterocycles. The van der Waals surface area contributed by atoms with E-state index >= 15 is 0 Å². The van der Waals surface area contributed by atoms with Crippen LogP contribution in [0, 0.1) is 12.8 Å². The number of pyridine rings is 1. The van der Waals surface area contributed by atoms with E-state index in [-0.39, 0.29) is 35.8 Å². The van der Waals surface area contributed by atoms with Crippen molar-refractivity contribution in [3.63, 3.8) is 0 Å². The third-order valence-corrected chi connectivity index (χ3v) is 5.66. The summed E-state index contributed by atoms with van der Waals surface area (Å²) in [5.41, 5.74) is 1.97. The van der Waals surface area contributed by atoms with Crippen LogP contribution in [-0.4, -0.2) is 51.9 Å². The van der Waals surface area contributed by atoms with Crippen molar-refractivity contribution in [3.05, 3.63) is 45.9 Å². The number of aryl methyl sites for hydroxylation is 1. The zero-order valence-corrected chi connectivity index (χ0v) is 16.5. The molecule has 2 amide bonds. The minimum absolute atomic E-state index is 0.0268. The van der Waals surface area contributed by atoms with Crippen LogP contribution in [0.25, 0.3) is 0 Å². The van der Waals surface area contributed by atoms with Gasteiger partial charge in [-0.05, 0) is 39.7 Å². The Hall–Kier alpha value is -2.37. The lowest BCUT2D eigenvalue weighted by Gasteiger charge is -2.35. The number of rotatable bonds is 5. The Labute approximate surface area is 160 Å². The van der Waals surface area contributed by atoms with Crippen LogP contribution in [0.3, 0.4) is 0 Å². The highest BCUT2D eigenvalue weighted by atomic mass is 16.2. The van der Waals surface area contributed by atoms with Gasteiger partial charge < -0.3 is 14.4 Å². The predicted octanol–water partition coefficient (Wildman–Crippen LogP) is 1.96. The molecule has 3 aliphatic rings. The van der Waals surface area contributed by atoms with Crippen LogP contribution in [0.2, 0.25) is 0 Å². The van der Waals surface area contributed by atoms with Gasteiger partial charge in [-0.3, -0.25) is 14.4 Å². The number of piperidine rings is 1. The quantitative estimate of drug-likeness (QED) is 0.744. The normalized spacial score (nSPS) is 22.0. The van der Waals surface area contributed by atoms with E-state index in [1.807, 2.05) is 36.6 Å². The van der Waals surface area contributed by atoms with Crippen LogP contribution in [-0.2, 0) is 16.1 Å². The maximum Gasteiger partial charge on any atom is 0.250 e. The average Bonchev–Trinajstić information content (AvgIpc) is 2.90. The van der Waals surface area contributed by atoms with Crippen LogP contribution in [0.15, 0.2) is 34.6 Å². The van der Waals surface area contributed by atoms with Crippen LogP contribution < -0.4 is 5.56 Å². The van der Waals surface area contributed by atoms with Crippen molar-refractivity contribution >= 4 is 11.8 Å². The summed E-state index contributed by atoms with van der Waals surface area (Å²) < 4.78 is 1.64. The molecule has 0 spiro atoms. The highest BCUT2D eigenvalue weighted by Crippen LogP contribution is 2.29. The van der Waals surface area contributed by atoms with E-state index in [0.717, 1.165) is 18.5 Å². The van der Waals surface area contributed by atoms with Gasteiger partial charge in [-0.1, -0.05) is 17.7 Å². The highest BCUT2D eigenvalue weighted by Gasteiger charge is 2.41. The largest absolute Gasteiger partial charge is 0.340 e. The van der Waals surface area contributed by atoms with Crippen LogP contribution in [0.1, 0.15) is 38.8 Å². The number of carbonyl (C=O) groups is 2. The molecule has 2 atom stereocenters. The Balaban J connectivity index is 1.67. The van der Waals surface area contributed by atoms with E-state index < -0.39 is 0 Å². The number of fused-ring (bicyclic) bond motifs is 4. The van der Waals surface area contributed by atoms with Crippen LogP contribution in [0.5, 0.6) is 0 Å². The van der Waals surface area contributed by atoms with Gasteiger partial charge in [0.15, 0.2) is 0 Å². The lowest BCUT2D eigenvalue weighted by atomic mass is 9.94. The number of amides is 2. The standard InChI is InChI=1S/C21H29N3O3/c1-15(2)9-11-24-18-8-7-17(21(24)27)13-22(14-18)19(25)10-12-23-16(3)5-4-6-20(23)26/h4-6,9,17-18H,7-8,10-14H2,1-3H3/t17-,18+/m1/s1. The molecular weight excluding hydrogens is 342 g/mol. The molecule has 6 nitrogen and oxygen atoms in total. The summed E-state index contributed by atoms with van der Waals surface area (Å²) in [6, 6.07) is 5.22. The fourth-order valence-corrected chi connectivity index (χ4v) is 4.04. The van der Waals surface area contributed by atoms with E-state index in [4.69, 9.17) is 0 Å². The zero-order chi connectivity index (χ0) is 19.6. The minimum atomic E-state index is -0.0977. The summed E-state index contributed by atoms with van der Waals surface area (Å²) in [4.78, 5) is 41.4. The van der Waals surface area contributed by atoms with Gasteiger partial charge in [0.1, 0.15) is 0 Å². The molecule has 1 aromatic heterocycles. The highest BCUT2D eigenvalue weighted by molar-refractivity contribution is 5.83. The van der Waals surface area contributed by atoms with Crippen molar-refractivity contribution in [2.75, 3.05) is 19.6 Å². The number of carbonyl (C=O) groups excluding carboxylic acids is 2. The molecule has 6 heteroatoms. The van der Waals surface area contributed by atoms with Gasteiger partial charge in [-0.2, -0.15) is 0 Å². The molecule has 0 aliphatic carbocycles. The Morgan fingerprint density at radius 2 is 1.96 bits per heavy atom. The molecule has 146 valence electrons. The third-order valence-electron chi connectivity index (χ3n) is 5.66. The lowest BCUT2D eigenvalue weighted by molar-refractivity contribution is -0.139. The molecule has 2 bridgehead atoms. The monoisotopic (exact) mass is 371 g/mol. The van der Waals surface area contributed by atoms with Crippen molar-refractivity contribution in [3.8, 4) is 0 Å².